The average molecular weight is 251 g/mol. The molecule has 0 radical (unpaired) electrons. The van der Waals surface area contributed by atoms with Crippen molar-refractivity contribution in [3.05, 3.63) is 29.8 Å². The van der Waals surface area contributed by atoms with Gasteiger partial charge in [-0.15, -0.1) is 0 Å². The van der Waals surface area contributed by atoms with Crippen LogP contribution in [0.1, 0.15) is 39.2 Å². The van der Waals surface area contributed by atoms with Crippen LogP contribution in [0.4, 0.5) is 0 Å². The number of rotatable bonds is 8. The molecular weight excluding hydrogens is 226 g/mol. The largest absolute Gasteiger partial charge is 0.494 e. The molecular formula is C15H25NO2. The molecule has 0 heterocycles. The predicted molar refractivity (Wildman–Crippen MR) is 75.0 cm³/mol. The van der Waals surface area contributed by atoms with Crippen LogP contribution in [0.3, 0.4) is 0 Å². The summed E-state index contributed by atoms with van der Waals surface area (Å²) < 4.78 is 5.53. The van der Waals surface area contributed by atoms with Crippen molar-refractivity contribution >= 4 is 0 Å². The van der Waals surface area contributed by atoms with Gasteiger partial charge in [-0.3, -0.25) is 0 Å². The third kappa shape index (κ3) is 4.67. The molecule has 0 saturated carbocycles. The van der Waals surface area contributed by atoms with E-state index >= 15 is 0 Å². The number of hydrogen-bond donors (Lipinski definition) is 2. The van der Waals surface area contributed by atoms with E-state index in [1.165, 1.54) is 0 Å². The lowest BCUT2D eigenvalue weighted by molar-refractivity contribution is 0.0481. The molecule has 1 unspecified atom stereocenters. The Morgan fingerprint density at radius 2 is 1.89 bits per heavy atom. The number of benzene rings is 1. The highest BCUT2D eigenvalue weighted by atomic mass is 16.5. The van der Waals surface area contributed by atoms with E-state index in [0.717, 1.165) is 37.4 Å². The van der Waals surface area contributed by atoms with Crippen molar-refractivity contribution in [2.75, 3.05) is 19.7 Å². The first-order chi connectivity index (χ1) is 8.60. The fourth-order valence-corrected chi connectivity index (χ4v) is 1.78. The van der Waals surface area contributed by atoms with Gasteiger partial charge in [0.15, 0.2) is 0 Å². The van der Waals surface area contributed by atoms with Crippen molar-refractivity contribution in [1.82, 2.24) is 5.32 Å². The summed E-state index contributed by atoms with van der Waals surface area (Å²) in [4.78, 5) is 0. The van der Waals surface area contributed by atoms with Crippen LogP contribution in [-0.2, 0) is 5.60 Å². The molecule has 0 aliphatic rings. The van der Waals surface area contributed by atoms with Crippen molar-refractivity contribution in [2.24, 2.45) is 0 Å². The van der Waals surface area contributed by atoms with Gasteiger partial charge in [-0.05, 0) is 50.6 Å². The first-order valence-electron chi connectivity index (χ1n) is 6.76. The zero-order chi connectivity index (χ0) is 13.4. The fraction of sp³-hybridized carbons (Fsp3) is 0.600. The Bertz CT molecular complexity index is 333. The van der Waals surface area contributed by atoms with E-state index in [1.807, 2.05) is 31.2 Å². The van der Waals surface area contributed by atoms with Crippen molar-refractivity contribution in [2.45, 2.75) is 39.2 Å². The van der Waals surface area contributed by atoms with Crippen LogP contribution in [0.5, 0.6) is 5.75 Å². The van der Waals surface area contributed by atoms with Gasteiger partial charge < -0.3 is 15.2 Å². The van der Waals surface area contributed by atoms with Crippen molar-refractivity contribution in [3.8, 4) is 5.75 Å². The maximum Gasteiger partial charge on any atom is 0.119 e. The molecule has 102 valence electrons. The van der Waals surface area contributed by atoms with Crippen LogP contribution in [-0.4, -0.2) is 24.8 Å². The Labute approximate surface area is 110 Å². The molecule has 1 aromatic carbocycles. The number of ether oxygens (including phenoxy) is 1. The Balaban J connectivity index is 2.59. The highest BCUT2D eigenvalue weighted by Gasteiger charge is 2.22. The lowest BCUT2D eigenvalue weighted by atomic mass is 9.92. The van der Waals surface area contributed by atoms with Gasteiger partial charge >= 0.3 is 0 Å². The van der Waals surface area contributed by atoms with E-state index in [9.17, 15) is 5.11 Å². The normalized spacial score (nSPS) is 14.2. The summed E-state index contributed by atoms with van der Waals surface area (Å²) in [5.74, 6) is 0.864. The molecule has 0 fully saturated rings. The summed E-state index contributed by atoms with van der Waals surface area (Å²) in [7, 11) is 0. The molecule has 0 amide bonds. The highest BCUT2D eigenvalue weighted by Crippen LogP contribution is 2.25. The Morgan fingerprint density at radius 1 is 1.22 bits per heavy atom. The van der Waals surface area contributed by atoms with Crippen LogP contribution in [0.2, 0.25) is 0 Å². The molecule has 3 nitrogen and oxygen atoms in total. The van der Waals surface area contributed by atoms with Crippen molar-refractivity contribution in [1.29, 1.82) is 0 Å². The molecule has 0 spiro atoms. The van der Waals surface area contributed by atoms with Crippen LogP contribution in [0, 0.1) is 0 Å². The number of aliphatic hydroxyl groups is 1. The van der Waals surface area contributed by atoms with Gasteiger partial charge in [0.2, 0.25) is 0 Å². The van der Waals surface area contributed by atoms with Gasteiger partial charge in [-0.2, -0.15) is 0 Å². The second-order valence-electron chi connectivity index (χ2n) is 4.75. The number of nitrogens with one attached hydrogen (secondary N) is 1. The first-order valence-corrected chi connectivity index (χ1v) is 6.76. The van der Waals surface area contributed by atoms with Crippen LogP contribution in [0.25, 0.3) is 0 Å². The summed E-state index contributed by atoms with van der Waals surface area (Å²) in [6.45, 7) is 8.48. The Morgan fingerprint density at radius 3 is 2.44 bits per heavy atom. The third-order valence-corrected chi connectivity index (χ3v) is 2.99. The monoisotopic (exact) mass is 251 g/mol. The lowest BCUT2D eigenvalue weighted by Gasteiger charge is -2.24. The molecule has 1 atom stereocenters. The average Bonchev–Trinajstić information content (AvgIpc) is 2.37. The van der Waals surface area contributed by atoms with E-state index in [2.05, 4.69) is 19.2 Å². The third-order valence-electron chi connectivity index (χ3n) is 2.99. The number of hydrogen-bond acceptors (Lipinski definition) is 3. The van der Waals surface area contributed by atoms with Crippen LogP contribution in [0.15, 0.2) is 24.3 Å². The minimum absolute atomic E-state index is 0.704. The molecule has 0 saturated heterocycles. The van der Waals surface area contributed by atoms with Crippen LogP contribution < -0.4 is 10.1 Å². The molecule has 0 aliphatic heterocycles. The molecule has 18 heavy (non-hydrogen) atoms. The van der Waals surface area contributed by atoms with Gasteiger partial charge in [0.05, 0.1) is 12.2 Å². The van der Waals surface area contributed by atoms with E-state index in [1.54, 1.807) is 0 Å². The van der Waals surface area contributed by atoms with Crippen molar-refractivity contribution < 1.29 is 9.84 Å². The minimum atomic E-state index is -0.786. The lowest BCUT2D eigenvalue weighted by Crippen LogP contribution is -2.27. The maximum atomic E-state index is 10.4. The van der Waals surface area contributed by atoms with Crippen LogP contribution >= 0.6 is 0 Å². The fourth-order valence-electron chi connectivity index (χ4n) is 1.78. The summed E-state index contributed by atoms with van der Waals surface area (Å²) in [5, 5.41) is 13.6. The summed E-state index contributed by atoms with van der Waals surface area (Å²) in [5.41, 5.74) is 0.148. The Kier molecular flexibility index (Phi) is 6.16. The zero-order valence-corrected chi connectivity index (χ0v) is 11.7. The molecule has 1 aromatic rings. The quantitative estimate of drug-likeness (QED) is 0.698. The smallest absolute Gasteiger partial charge is 0.119 e. The van der Waals surface area contributed by atoms with Gasteiger partial charge in [0.1, 0.15) is 5.75 Å². The maximum absolute atomic E-state index is 10.4. The molecule has 0 aliphatic carbocycles. The highest BCUT2D eigenvalue weighted by molar-refractivity contribution is 5.30. The SMILES string of the molecule is CCCOc1ccc(C(C)(O)CCNCC)cc1. The summed E-state index contributed by atoms with van der Waals surface area (Å²) in [6, 6.07) is 7.73. The second-order valence-corrected chi connectivity index (χ2v) is 4.75. The molecule has 1 rings (SSSR count). The molecule has 0 aromatic heterocycles. The zero-order valence-electron chi connectivity index (χ0n) is 11.7. The van der Waals surface area contributed by atoms with Crippen molar-refractivity contribution in [3.63, 3.8) is 0 Å². The second kappa shape index (κ2) is 7.39. The topological polar surface area (TPSA) is 41.5 Å². The van der Waals surface area contributed by atoms with E-state index in [0.29, 0.717) is 6.42 Å². The van der Waals surface area contributed by atoms with Gasteiger partial charge in [0.25, 0.3) is 0 Å². The molecule has 2 N–H and O–H groups in total. The van der Waals surface area contributed by atoms with E-state index in [-0.39, 0.29) is 0 Å². The van der Waals surface area contributed by atoms with Gasteiger partial charge in [-0.1, -0.05) is 26.0 Å². The molecule has 3 heteroatoms. The minimum Gasteiger partial charge on any atom is -0.494 e. The predicted octanol–water partition coefficient (Wildman–Crippen LogP) is 2.68. The van der Waals surface area contributed by atoms with Gasteiger partial charge in [0, 0.05) is 0 Å². The summed E-state index contributed by atoms with van der Waals surface area (Å²) >= 11 is 0. The standard InChI is InChI=1S/C15H25NO2/c1-4-12-18-14-8-6-13(7-9-14)15(3,17)10-11-16-5-2/h6-9,16-17H,4-5,10-12H2,1-3H3. The van der Waals surface area contributed by atoms with E-state index in [4.69, 9.17) is 4.74 Å². The summed E-state index contributed by atoms with van der Waals surface area (Å²) in [6.07, 6.45) is 1.71. The molecule has 0 bridgehead atoms. The van der Waals surface area contributed by atoms with Gasteiger partial charge in [-0.25, -0.2) is 0 Å². The first kappa shape index (κ1) is 15.0. The van der Waals surface area contributed by atoms with E-state index < -0.39 is 5.60 Å². The Hall–Kier alpha value is -1.06.